The second kappa shape index (κ2) is 3.51. The van der Waals surface area contributed by atoms with E-state index in [9.17, 15) is 8.42 Å². The van der Waals surface area contributed by atoms with Crippen molar-refractivity contribution in [2.45, 2.75) is 19.4 Å². The van der Waals surface area contributed by atoms with Crippen LogP contribution in [-0.2, 0) is 14.7 Å². The van der Waals surface area contributed by atoms with E-state index in [1.54, 1.807) is 0 Å². The zero-order chi connectivity index (χ0) is 8.32. The van der Waals surface area contributed by atoms with Crippen LogP contribution in [0.1, 0.15) is 13.3 Å². The molecule has 1 aliphatic rings. The van der Waals surface area contributed by atoms with Gasteiger partial charge in [0, 0.05) is 6.04 Å². The molecule has 0 aromatic rings. The van der Waals surface area contributed by atoms with E-state index in [-0.39, 0.29) is 17.5 Å². The lowest BCUT2D eigenvalue weighted by Crippen LogP contribution is -2.30. The molecule has 11 heavy (non-hydrogen) atoms. The Morgan fingerprint density at radius 2 is 2.36 bits per heavy atom. The van der Waals surface area contributed by atoms with Gasteiger partial charge in [-0.1, -0.05) is 0 Å². The van der Waals surface area contributed by atoms with Crippen LogP contribution in [-0.4, -0.2) is 32.6 Å². The third kappa shape index (κ3) is 2.76. The number of hydroxylamine groups is 1. The summed E-state index contributed by atoms with van der Waals surface area (Å²) in [4.78, 5) is 4.90. The van der Waals surface area contributed by atoms with Gasteiger partial charge in [-0.05, 0) is 13.3 Å². The maximum absolute atomic E-state index is 10.9. The first-order valence-corrected chi connectivity index (χ1v) is 5.54. The zero-order valence-corrected chi connectivity index (χ0v) is 7.36. The number of hydrogen-bond acceptors (Lipinski definition) is 4. The highest BCUT2D eigenvalue weighted by atomic mass is 32.2. The van der Waals surface area contributed by atoms with E-state index in [1.165, 1.54) is 0 Å². The minimum atomic E-state index is -2.77. The van der Waals surface area contributed by atoms with E-state index in [0.29, 0.717) is 13.0 Å². The van der Waals surface area contributed by atoms with Crippen molar-refractivity contribution in [1.29, 1.82) is 0 Å². The van der Waals surface area contributed by atoms with Gasteiger partial charge in [-0.15, -0.1) is 0 Å². The molecule has 0 aromatic heterocycles. The lowest BCUT2D eigenvalue weighted by atomic mass is 10.3. The fourth-order valence-electron chi connectivity index (χ4n) is 1.09. The van der Waals surface area contributed by atoms with Gasteiger partial charge in [0.25, 0.3) is 0 Å². The van der Waals surface area contributed by atoms with Crippen LogP contribution in [0, 0.1) is 0 Å². The van der Waals surface area contributed by atoms with Crippen molar-refractivity contribution in [3.63, 3.8) is 0 Å². The zero-order valence-electron chi connectivity index (χ0n) is 6.54. The van der Waals surface area contributed by atoms with Gasteiger partial charge in [0.1, 0.15) is 0 Å². The number of nitrogens with one attached hydrogen (secondary N) is 1. The Morgan fingerprint density at radius 1 is 1.64 bits per heavy atom. The molecule has 0 spiro atoms. The Labute approximate surface area is 66.8 Å². The van der Waals surface area contributed by atoms with E-state index >= 15 is 0 Å². The maximum atomic E-state index is 10.9. The van der Waals surface area contributed by atoms with Crippen molar-refractivity contribution in [1.82, 2.24) is 5.48 Å². The van der Waals surface area contributed by atoms with Gasteiger partial charge in [0.2, 0.25) is 0 Å². The van der Waals surface area contributed by atoms with Crippen molar-refractivity contribution in [2.75, 3.05) is 18.1 Å². The predicted octanol–water partition coefficient (Wildman–Crippen LogP) is -0.285. The molecule has 1 atom stereocenters. The molecule has 0 bridgehead atoms. The molecular weight excluding hydrogens is 166 g/mol. The van der Waals surface area contributed by atoms with E-state index in [2.05, 4.69) is 5.48 Å². The van der Waals surface area contributed by atoms with E-state index in [1.807, 2.05) is 6.92 Å². The summed E-state index contributed by atoms with van der Waals surface area (Å²) in [5.74, 6) is 0.505. The molecule has 1 unspecified atom stereocenters. The van der Waals surface area contributed by atoms with Gasteiger partial charge in [-0.2, -0.15) is 5.48 Å². The molecule has 66 valence electrons. The molecule has 1 fully saturated rings. The van der Waals surface area contributed by atoms with E-state index in [4.69, 9.17) is 4.84 Å². The fraction of sp³-hybridized carbons (Fsp3) is 1.00. The van der Waals surface area contributed by atoms with Gasteiger partial charge >= 0.3 is 0 Å². The Hall–Kier alpha value is -0.130. The lowest BCUT2D eigenvalue weighted by molar-refractivity contribution is 0.0306. The first kappa shape index (κ1) is 8.96. The molecule has 1 aliphatic heterocycles. The fourth-order valence-corrected chi connectivity index (χ4v) is 2.75. The first-order chi connectivity index (χ1) is 5.14. The molecule has 4 nitrogen and oxygen atoms in total. The summed E-state index contributed by atoms with van der Waals surface area (Å²) in [5.41, 5.74) is 2.71. The van der Waals surface area contributed by atoms with Gasteiger partial charge in [0.05, 0.1) is 18.1 Å². The van der Waals surface area contributed by atoms with Crippen molar-refractivity contribution in [2.24, 2.45) is 0 Å². The minimum absolute atomic E-state index is 0.0000463. The number of rotatable bonds is 3. The summed E-state index contributed by atoms with van der Waals surface area (Å²) in [7, 11) is -2.77. The molecule has 5 heteroatoms. The molecule has 0 amide bonds. The van der Waals surface area contributed by atoms with Crippen molar-refractivity contribution >= 4 is 9.84 Å². The van der Waals surface area contributed by atoms with Crippen molar-refractivity contribution in [3.8, 4) is 0 Å². The standard InChI is InChI=1S/C6H13NO3S/c1-2-10-7-6-3-4-11(8,9)5-6/h6-7H,2-5H2,1H3. The molecule has 0 saturated carbocycles. The summed E-state index contributed by atoms with van der Waals surface area (Å²) in [6.07, 6.45) is 0.669. The van der Waals surface area contributed by atoms with Crippen molar-refractivity contribution in [3.05, 3.63) is 0 Å². The monoisotopic (exact) mass is 179 g/mol. The molecule has 1 N–H and O–H groups in total. The average Bonchev–Trinajstić information content (AvgIpc) is 2.26. The summed E-state index contributed by atoms with van der Waals surface area (Å²) in [6, 6.07) is -0.0000463. The topological polar surface area (TPSA) is 55.4 Å². The van der Waals surface area contributed by atoms with Gasteiger partial charge in [-0.25, -0.2) is 8.42 Å². The highest BCUT2D eigenvalue weighted by molar-refractivity contribution is 7.91. The highest BCUT2D eigenvalue weighted by Gasteiger charge is 2.27. The Bertz CT molecular complexity index is 212. The second-order valence-electron chi connectivity index (χ2n) is 2.65. The summed E-state index contributed by atoms with van der Waals surface area (Å²) in [5, 5.41) is 0. The van der Waals surface area contributed by atoms with Gasteiger partial charge in [-0.3, -0.25) is 0 Å². The third-order valence-electron chi connectivity index (χ3n) is 1.63. The molecular formula is C6H13NO3S. The number of hydrogen-bond donors (Lipinski definition) is 1. The predicted molar refractivity (Wildman–Crippen MR) is 41.8 cm³/mol. The molecule has 0 aliphatic carbocycles. The van der Waals surface area contributed by atoms with Crippen LogP contribution in [0.25, 0.3) is 0 Å². The van der Waals surface area contributed by atoms with Crippen LogP contribution in [0.3, 0.4) is 0 Å². The van der Waals surface area contributed by atoms with Crippen LogP contribution in [0.5, 0.6) is 0 Å². The Kier molecular flexibility index (Phi) is 2.86. The van der Waals surface area contributed by atoms with Crippen LogP contribution in [0.4, 0.5) is 0 Å². The minimum Gasteiger partial charge on any atom is -0.302 e. The SMILES string of the molecule is CCONC1CCS(=O)(=O)C1. The van der Waals surface area contributed by atoms with Crippen LogP contribution >= 0.6 is 0 Å². The van der Waals surface area contributed by atoms with E-state index in [0.717, 1.165) is 0 Å². The molecule has 1 heterocycles. The van der Waals surface area contributed by atoms with Gasteiger partial charge in [0.15, 0.2) is 9.84 Å². The number of sulfone groups is 1. The summed E-state index contributed by atoms with van der Waals surface area (Å²) in [6.45, 7) is 2.42. The molecule has 1 rings (SSSR count). The third-order valence-corrected chi connectivity index (χ3v) is 3.39. The van der Waals surface area contributed by atoms with Gasteiger partial charge < -0.3 is 4.84 Å². The summed E-state index contributed by atoms with van der Waals surface area (Å²) < 4.78 is 21.8. The summed E-state index contributed by atoms with van der Waals surface area (Å²) >= 11 is 0. The maximum Gasteiger partial charge on any atom is 0.151 e. The Morgan fingerprint density at radius 3 is 2.82 bits per heavy atom. The molecule has 0 aromatic carbocycles. The lowest BCUT2D eigenvalue weighted by Gasteiger charge is -2.08. The largest absolute Gasteiger partial charge is 0.302 e. The van der Waals surface area contributed by atoms with Crippen molar-refractivity contribution < 1.29 is 13.3 Å². The van der Waals surface area contributed by atoms with Crippen LogP contribution in [0.2, 0.25) is 0 Å². The Balaban J connectivity index is 2.31. The smallest absolute Gasteiger partial charge is 0.151 e. The highest BCUT2D eigenvalue weighted by Crippen LogP contribution is 2.10. The average molecular weight is 179 g/mol. The van der Waals surface area contributed by atoms with Crippen LogP contribution in [0.15, 0.2) is 0 Å². The molecule has 1 saturated heterocycles. The molecule has 0 radical (unpaired) electrons. The van der Waals surface area contributed by atoms with E-state index < -0.39 is 9.84 Å². The van der Waals surface area contributed by atoms with Crippen LogP contribution < -0.4 is 5.48 Å². The second-order valence-corrected chi connectivity index (χ2v) is 4.88. The quantitative estimate of drug-likeness (QED) is 0.605. The normalized spacial score (nSPS) is 29.0. The first-order valence-electron chi connectivity index (χ1n) is 3.72.